The summed E-state index contributed by atoms with van der Waals surface area (Å²) >= 11 is 5.69. The van der Waals surface area contributed by atoms with Crippen LogP contribution in [0, 0.1) is 0 Å². The number of aryl methyl sites for hydroxylation is 1. The Hall–Kier alpha value is -1.29. The van der Waals surface area contributed by atoms with E-state index in [0.717, 1.165) is 5.69 Å². The summed E-state index contributed by atoms with van der Waals surface area (Å²) in [6.45, 7) is 0.698. The smallest absolute Gasteiger partial charge is 0.151 e. The first-order chi connectivity index (χ1) is 6.25. The molecule has 0 saturated carbocycles. The number of nitrogens with zero attached hydrogens (tertiary/aromatic N) is 4. The predicted molar refractivity (Wildman–Crippen MR) is 49.5 cm³/mol. The molecule has 0 bridgehead atoms. The third kappa shape index (κ3) is 1.72. The lowest BCUT2D eigenvalue weighted by molar-refractivity contribution is 0.648. The summed E-state index contributed by atoms with van der Waals surface area (Å²) in [4.78, 5) is 4.01. The fraction of sp³-hybridized carbons (Fsp3) is 0.250. The molecule has 13 heavy (non-hydrogen) atoms. The van der Waals surface area contributed by atoms with Gasteiger partial charge in [0.25, 0.3) is 0 Å². The fourth-order valence-electron chi connectivity index (χ4n) is 1.13. The normalized spacial score (nSPS) is 10.6. The summed E-state index contributed by atoms with van der Waals surface area (Å²) in [6.07, 6.45) is 5.42. The van der Waals surface area contributed by atoms with Crippen molar-refractivity contribution in [2.45, 2.75) is 6.54 Å². The van der Waals surface area contributed by atoms with Crippen molar-refractivity contribution in [1.29, 1.82) is 0 Å². The Labute approximate surface area is 80.8 Å². The Kier molecular flexibility index (Phi) is 2.06. The van der Waals surface area contributed by atoms with E-state index >= 15 is 0 Å². The average molecular weight is 197 g/mol. The fourth-order valence-corrected chi connectivity index (χ4v) is 1.28. The van der Waals surface area contributed by atoms with Gasteiger partial charge in [0.1, 0.15) is 0 Å². The summed E-state index contributed by atoms with van der Waals surface area (Å²) in [5.74, 6) is 0. The molecule has 2 aromatic rings. The molecule has 0 atom stereocenters. The van der Waals surface area contributed by atoms with Crippen molar-refractivity contribution in [2.24, 2.45) is 7.05 Å². The Bertz CT molecular complexity index is 404. The van der Waals surface area contributed by atoms with E-state index < -0.39 is 0 Å². The molecule has 0 fully saturated rings. The van der Waals surface area contributed by atoms with Gasteiger partial charge in [-0.25, -0.2) is 4.98 Å². The van der Waals surface area contributed by atoms with Crippen LogP contribution in [-0.2, 0) is 13.6 Å². The highest BCUT2D eigenvalue weighted by Crippen LogP contribution is 2.05. The van der Waals surface area contributed by atoms with Gasteiger partial charge < -0.3 is 4.57 Å². The first kappa shape index (κ1) is 8.31. The van der Waals surface area contributed by atoms with E-state index in [4.69, 9.17) is 11.6 Å². The van der Waals surface area contributed by atoms with Gasteiger partial charge in [0.2, 0.25) is 0 Å². The molecule has 0 spiro atoms. The van der Waals surface area contributed by atoms with Crippen LogP contribution in [-0.4, -0.2) is 19.3 Å². The molecule has 0 radical (unpaired) electrons. The molecule has 2 rings (SSSR count). The lowest BCUT2D eigenvalue weighted by Gasteiger charge is -2.01. The van der Waals surface area contributed by atoms with Crippen LogP contribution >= 0.6 is 11.6 Å². The molecule has 0 saturated heterocycles. The van der Waals surface area contributed by atoms with Crippen molar-refractivity contribution in [1.82, 2.24) is 19.3 Å². The van der Waals surface area contributed by atoms with E-state index in [9.17, 15) is 0 Å². The van der Waals surface area contributed by atoms with E-state index in [2.05, 4.69) is 10.1 Å². The van der Waals surface area contributed by atoms with E-state index in [1.54, 1.807) is 17.1 Å². The van der Waals surface area contributed by atoms with E-state index in [1.807, 2.05) is 24.0 Å². The average Bonchev–Trinajstić information content (AvgIpc) is 2.64. The van der Waals surface area contributed by atoms with E-state index in [0.29, 0.717) is 11.7 Å². The van der Waals surface area contributed by atoms with Gasteiger partial charge in [0.05, 0.1) is 24.8 Å². The topological polar surface area (TPSA) is 35.6 Å². The maximum Gasteiger partial charge on any atom is 0.151 e. The summed E-state index contributed by atoms with van der Waals surface area (Å²) < 4.78 is 3.73. The van der Waals surface area contributed by atoms with Gasteiger partial charge in [-0.3, -0.25) is 4.68 Å². The second-order valence-corrected chi connectivity index (χ2v) is 3.22. The van der Waals surface area contributed by atoms with Crippen LogP contribution in [0.2, 0.25) is 5.15 Å². The maximum atomic E-state index is 5.69. The third-order valence-corrected chi connectivity index (χ3v) is 2.05. The van der Waals surface area contributed by atoms with Gasteiger partial charge in [0.15, 0.2) is 5.15 Å². The predicted octanol–water partition coefficient (Wildman–Crippen LogP) is 1.32. The summed E-state index contributed by atoms with van der Waals surface area (Å²) in [6, 6.07) is 1.76. The number of imidazole rings is 1. The molecule has 0 aliphatic heterocycles. The van der Waals surface area contributed by atoms with Gasteiger partial charge in [-0.15, -0.1) is 0 Å². The van der Waals surface area contributed by atoms with Crippen molar-refractivity contribution in [2.75, 3.05) is 0 Å². The first-order valence-electron chi connectivity index (χ1n) is 3.90. The SMILES string of the molecule is Cn1cncc1Cn1ccc(Cl)n1. The molecular formula is C8H9ClN4. The van der Waals surface area contributed by atoms with Gasteiger partial charge in [-0.1, -0.05) is 11.6 Å². The van der Waals surface area contributed by atoms with Crippen LogP contribution in [0.5, 0.6) is 0 Å². The zero-order valence-corrected chi connectivity index (χ0v) is 7.94. The van der Waals surface area contributed by atoms with Crippen molar-refractivity contribution in [3.63, 3.8) is 0 Å². The van der Waals surface area contributed by atoms with Crippen molar-refractivity contribution < 1.29 is 0 Å². The Balaban J connectivity index is 2.19. The van der Waals surface area contributed by atoms with Crippen LogP contribution < -0.4 is 0 Å². The molecule has 0 amide bonds. The third-order valence-electron chi connectivity index (χ3n) is 1.85. The summed E-state index contributed by atoms with van der Waals surface area (Å²) in [7, 11) is 1.95. The molecule has 0 unspecified atom stereocenters. The highest BCUT2D eigenvalue weighted by atomic mass is 35.5. The first-order valence-corrected chi connectivity index (χ1v) is 4.27. The van der Waals surface area contributed by atoms with E-state index in [1.165, 1.54) is 0 Å². The number of aromatic nitrogens is 4. The van der Waals surface area contributed by atoms with Crippen LogP contribution in [0.15, 0.2) is 24.8 Å². The second-order valence-electron chi connectivity index (χ2n) is 2.83. The number of rotatable bonds is 2. The largest absolute Gasteiger partial charge is 0.336 e. The van der Waals surface area contributed by atoms with E-state index in [-0.39, 0.29) is 0 Å². The molecule has 0 aliphatic rings. The van der Waals surface area contributed by atoms with Gasteiger partial charge in [-0.2, -0.15) is 5.10 Å². The Morgan fingerprint density at radius 3 is 2.92 bits per heavy atom. The van der Waals surface area contributed by atoms with Crippen LogP contribution in [0.4, 0.5) is 0 Å². The Morgan fingerprint density at radius 2 is 2.38 bits per heavy atom. The standard InChI is InChI=1S/C8H9ClN4/c1-12-6-10-4-7(12)5-13-3-2-8(9)11-13/h2-4,6H,5H2,1H3. The van der Waals surface area contributed by atoms with Crippen molar-refractivity contribution >= 4 is 11.6 Å². The summed E-state index contributed by atoms with van der Waals surface area (Å²) in [5.41, 5.74) is 1.10. The molecule has 5 heteroatoms. The zero-order chi connectivity index (χ0) is 9.26. The lowest BCUT2D eigenvalue weighted by atomic mass is 10.5. The van der Waals surface area contributed by atoms with Crippen LogP contribution in [0.1, 0.15) is 5.69 Å². The van der Waals surface area contributed by atoms with Gasteiger partial charge >= 0.3 is 0 Å². The molecule has 0 aromatic carbocycles. The zero-order valence-electron chi connectivity index (χ0n) is 7.18. The minimum absolute atomic E-state index is 0.516. The number of halogens is 1. The molecule has 0 aliphatic carbocycles. The van der Waals surface area contributed by atoms with Crippen molar-refractivity contribution in [3.8, 4) is 0 Å². The molecule has 2 aromatic heterocycles. The van der Waals surface area contributed by atoms with Crippen molar-refractivity contribution in [3.05, 3.63) is 35.6 Å². The molecule has 68 valence electrons. The van der Waals surface area contributed by atoms with Crippen LogP contribution in [0.3, 0.4) is 0 Å². The number of hydrogen-bond acceptors (Lipinski definition) is 2. The van der Waals surface area contributed by atoms with Crippen LogP contribution in [0.25, 0.3) is 0 Å². The Morgan fingerprint density at radius 1 is 1.54 bits per heavy atom. The highest BCUT2D eigenvalue weighted by molar-refractivity contribution is 6.29. The van der Waals surface area contributed by atoms with Gasteiger partial charge in [-0.05, 0) is 6.07 Å². The minimum Gasteiger partial charge on any atom is -0.336 e. The molecule has 2 heterocycles. The monoisotopic (exact) mass is 196 g/mol. The minimum atomic E-state index is 0.516. The second kappa shape index (κ2) is 3.22. The lowest BCUT2D eigenvalue weighted by Crippen LogP contribution is -2.04. The number of hydrogen-bond donors (Lipinski definition) is 0. The quantitative estimate of drug-likeness (QED) is 0.726. The highest BCUT2D eigenvalue weighted by Gasteiger charge is 2.00. The van der Waals surface area contributed by atoms with Gasteiger partial charge in [0, 0.05) is 13.2 Å². The molecular weight excluding hydrogens is 188 g/mol. The molecule has 4 nitrogen and oxygen atoms in total. The molecule has 0 N–H and O–H groups in total. The maximum absolute atomic E-state index is 5.69. The summed E-state index contributed by atoms with van der Waals surface area (Å²) in [5, 5.41) is 4.58.